The van der Waals surface area contributed by atoms with Crippen molar-refractivity contribution in [2.75, 3.05) is 18.4 Å². The Morgan fingerprint density at radius 3 is 3.00 bits per heavy atom. The van der Waals surface area contributed by atoms with Crippen LogP contribution in [0.25, 0.3) is 0 Å². The minimum Gasteiger partial charge on any atom is -0.353 e. The topological polar surface area (TPSA) is 81.7 Å². The van der Waals surface area contributed by atoms with Crippen molar-refractivity contribution >= 4 is 5.95 Å². The lowest BCUT2D eigenvalue weighted by atomic mass is 10.4. The second-order valence-corrected chi connectivity index (χ2v) is 2.20. The van der Waals surface area contributed by atoms with Crippen molar-refractivity contribution < 1.29 is 0 Å². The molecule has 0 aromatic carbocycles. The number of nitrogens with one attached hydrogen (secondary N) is 1. The van der Waals surface area contributed by atoms with Gasteiger partial charge < -0.3 is 11.1 Å². The summed E-state index contributed by atoms with van der Waals surface area (Å²) in [5.41, 5.74) is 5.31. The van der Waals surface area contributed by atoms with Gasteiger partial charge in [-0.1, -0.05) is 5.10 Å². The minimum absolute atomic E-state index is 0.679. The standard InChI is InChI=1S/C5H12N6/c1-11-5(8-9-10-11)7-4-2-3-6/h2-4,6H2,1H3,(H,7,8,10). The van der Waals surface area contributed by atoms with Crippen LogP contribution in [0.5, 0.6) is 0 Å². The molecule has 0 aliphatic carbocycles. The fraction of sp³-hybridized carbons (Fsp3) is 0.800. The lowest BCUT2D eigenvalue weighted by molar-refractivity contribution is 0.710. The molecule has 1 aromatic heterocycles. The number of anilines is 1. The molecule has 1 aromatic rings. The van der Waals surface area contributed by atoms with Crippen molar-refractivity contribution in [3.63, 3.8) is 0 Å². The number of nitrogens with zero attached hydrogens (tertiary/aromatic N) is 4. The van der Waals surface area contributed by atoms with Crippen LogP contribution in [0, 0.1) is 0 Å². The Kier molecular flexibility index (Phi) is 2.79. The second kappa shape index (κ2) is 3.87. The van der Waals surface area contributed by atoms with Gasteiger partial charge in [-0.15, -0.1) is 0 Å². The predicted molar refractivity (Wildman–Crippen MR) is 41.0 cm³/mol. The summed E-state index contributed by atoms with van der Waals surface area (Å²) in [5, 5.41) is 13.9. The van der Waals surface area contributed by atoms with E-state index >= 15 is 0 Å². The first-order valence-electron chi connectivity index (χ1n) is 3.51. The van der Waals surface area contributed by atoms with E-state index < -0.39 is 0 Å². The van der Waals surface area contributed by atoms with Crippen molar-refractivity contribution in [1.82, 2.24) is 20.2 Å². The quantitative estimate of drug-likeness (QED) is 0.545. The Bertz CT molecular complexity index is 206. The summed E-state index contributed by atoms with van der Waals surface area (Å²) in [6.07, 6.45) is 0.923. The average Bonchev–Trinajstić information content (AvgIpc) is 2.37. The lowest BCUT2D eigenvalue weighted by Crippen LogP contribution is -2.11. The third-order valence-electron chi connectivity index (χ3n) is 1.28. The molecular formula is C5H12N6. The highest BCUT2D eigenvalue weighted by molar-refractivity contribution is 5.20. The number of aryl methyl sites for hydroxylation is 1. The maximum atomic E-state index is 5.31. The molecule has 0 saturated heterocycles. The number of hydrogen-bond acceptors (Lipinski definition) is 5. The zero-order valence-corrected chi connectivity index (χ0v) is 6.49. The Labute approximate surface area is 64.8 Å². The van der Waals surface area contributed by atoms with Crippen LogP contribution in [0.1, 0.15) is 6.42 Å². The Balaban J connectivity index is 2.32. The van der Waals surface area contributed by atoms with E-state index in [0.29, 0.717) is 12.5 Å². The third kappa shape index (κ3) is 2.15. The van der Waals surface area contributed by atoms with Crippen LogP contribution >= 0.6 is 0 Å². The average molecular weight is 156 g/mol. The molecule has 0 aliphatic heterocycles. The molecule has 0 saturated carbocycles. The summed E-state index contributed by atoms with van der Waals surface area (Å²) < 4.78 is 1.58. The first-order valence-corrected chi connectivity index (χ1v) is 3.51. The Morgan fingerprint density at radius 2 is 2.45 bits per heavy atom. The Morgan fingerprint density at radius 1 is 1.64 bits per heavy atom. The number of aromatic nitrogens is 4. The predicted octanol–water partition coefficient (Wildman–Crippen LogP) is -1.03. The highest BCUT2D eigenvalue weighted by atomic mass is 15.6. The molecule has 0 amide bonds. The molecule has 0 spiro atoms. The maximum absolute atomic E-state index is 5.31. The van der Waals surface area contributed by atoms with Crippen molar-refractivity contribution in [3.8, 4) is 0 Å². The van der Waals surface area contributed by atoms with Gasteiger partial charge in [0.2, 0.25) is 5.95 Å². The van der Waals surface area contributed by atoms with E-state index in [2.05, 4.69) is 20.8 Å². The second-order valence-electron chi connectivity index (χ2n) is 2.20. The SMILES string of the molecule is Cn1nnnc1NCCCN. The van der Waals surface area contributed by atoms with Crippen LogP contribution in [0.15, 0.2) is 0 Å². The first-order chi connectivity index (χ1) is 5.34. The van der Waals surface area contributed by atoms with Gasteiger partial charge in [-0.2, -0.15) is 0 Å². The van der Waals surface area contributed by atoms with E-state index in [9.17, 15) is 0 Å². The monoisotopic (exact) mass is 156 g/mol. The third-order valence-corrected chi connectivity index (χ3v) is 1.28. The van der Waals surface area contributed by atoms with Crippen molar-refractivity contribution in [3.05, 3.63) is 0 Å². The Hall–Kier alpha value is -1.17. The summed E-state index contributed by atoms with van der Waals surface area (Å²) in [6, 6.07) is 0. The molecule has 1 heterocycles. The summed E-state index contributed by atoms with van der Waals surface area (Å²) in [5.74, 6) is 0.679. The van der Waals surface area contributed by atoms with Gasteiger partial charge in [-0.25, -0.2) is 4.68 Å². The van der Waals surface area contributed by atoms with Gasteiger partial charge in [0.25, 0.3) is 0 Å². The molecule has 0 unspecified atom stereocenters. The van der Waals surface area contributed by atoms with E-state index in [-0.39, 0.29) is 0 Å². The molecular weight excluding hydrogens is 144 g/mol. The van der Waals surface area contributed by atoms with Gasteiger partial charge in [-0.05, 0) is 23.4 Å². The van der Waals surface area contributed by atoms with E-state index in [4.69, 9.17) is 5.73 Å². The van der Waals surface area contributed by atoms with Gasteiger partial charge in [0.15, 0.2) is 0 Å². The highest BCUT2D eigenvalue weighted by Gasteiger charge is 1.97. The van der Waals surface area contributed by atoms with E-state index in [0.717, 1.165) is 13.0 Å². The van der Waals surface area contributed by atoms with Gasteiger partial charge in [0, 0.05) is 13.6 Å². The molecule has 3 N–H and O–H groups in total. The first kappa shape index (κ1) is 7.93. The van der Waals surface area contributed by atoms with Crippen LogP contribution < -0.4 is 11.1 Å². The van der Waals surface area contributed by atoms with Gasteiger partial charge in [0.1, 0.15) is 0 Å². The molecule has 0 aliphatic rings. The van der Waals surface area contributed by atoms with Gasteiger partial charge in [0.05, 0.1) is 0 Å². The molecule has 0 atom stereocenters. The lowest BCUT2D eigenvalue weighted by Gasteiger charge is -2.00. The zero-order valence-electron chi connectivity index (χ0n) is 6.49. The molecule has 0 fully saturated rings. The molecule has 62 valence electrons. The summed E-state index contributed by atoms with van der Waals surface area (Å²) in [7, 11) is 1.78. The highest BCUT2D eigenvalue weighted by Crippen LogP contribution is 1.94. The fourth-order valence-corrected chi connectivity index (χ4v) is 0.681. The molecule has 6 nitrogen and oxygen atoms in total. The maximum Gasteiger partial charge on any atom is 0.242 e. The van der Waals surface area contributed by atoms with Gasteiger partial charge >= 0.3 is 0 Å². The molecule has 1 rings (SSSR count). The van der Waals surface area contributed by atoms with E-state index in [1.54, 1.807) is 11.7 Å². The number of nitrogens with two attached hydrogens (primary N) is 1. The fourth-order valence-electron chi connectivity index (χ4n) is 0.681. The minimum atomic E-state index is 0.679. The van der Waals surface area contributed by atoms with Crippen LogP contribution in [0.3, 0.4) is 0 Å². The van der Waals surface area contributed by atoms with E-state index in [1.165, 1.54) is 0 Å². The van der Waals surface area contributed by atoms with Crippen LogP contribution in [0.4, 0.5) is 5.95 Å². The summed E-state index contributed by atoms with van der Waals surface area (Å²) in [6.45, 7) is 1.49. The van der Waals surface area contributed by atoms with Crippen LogP contribution in [-0.2, 0) is 7.05 Å². The summed E-state index contributed by atoms with van der Waals surface area (Å²) in [4.78, 5) is 0. The zero-order chi connectivity index (χ0) is 8.10. The van der Waals surface area contributed by atoms with Crippen molar-refractivity contribution in [1.29, 1.82) is 0 Å². The number of rotatable bonds is 4. The molecule has 11 heavy (non-hydrogen) atoms. The van der Waals surface area contributed by atoms with E-state index in [1.807, 2.05) is 0 Å². The van der Waals surface area contributed by atoms with Crippen molar-refractivity contribution in [2.24, 2.45) is 12.8 Å². The molecule has 0 radical (unpaired) electrons. The molecule has 0 bridgehead atoms. The number of hydrogen-bond donors (Lipinski definition) is 2. The van der Waals surface area contributed by atoms with Gasteiger partial charge in [-0.3, -0.25) is 0 Å². The molecule has 6 heteroatoms. The summed E-state index contributed by atoms with van der Waals surface area (Å²) >= 11 is 0. The van der Waals surface area contributed by atoms with Crippen LogP contribution in [-0.4, -0.2) is 33.3 Å². The van der Waals surface area contributed by atoms with Crippen LogP contribution in [0.2, 0.25) is 0 Å². The van der Waals surface area contributed by atoms with Crippen molar-refractivity contribution in [2.45, 2.75) is 6.42 Å². The largest absolute Gasteiger partial charge is 0.353 e. The normalized spacial score (nSPS) is 10.0. The number of tetrazole rings is 1. The smallest absolute Gasteiger partial charge is 0.242 e.